The molecule has 4 N–H and O–H groups in total. The summed E-state index contributed by atoms with van der Waals surface area (Å²) in [5.41, 5.74) is 12.9. The van der Waals surface area contributed by atoms with Crippen molar-refractivity contribution < 1.29 is 0 Å². The number of hydrogen-bond acceptors (Lipinski definition) is 2. The third-order valence-electron chi connectivity index (χ3n) is 3.15. The first-order valence-electron chi connectivity index (χ1n) is 5.81. The zero-order valence-corrected chi connectivity index (χ0v) is 11.9. The molecule has 0 aliphatic rings. The molecule has 0 saturated heterocycles. The molecule has 0 aliphatic heterocycles. The first-order chi connectivity index (χ1) is 9.10. The highest BCUT2D eigenvalue weighted by atomic mass is 32.1. The Hall–Kier alpha value is -1.78. The van der Waals surface area contributed by atoms with Crippen LogP contribution in [0, 0.1) is 0 Å². The van der Waals surface area contributed by atoms with E-state index in [0.29, 0.717) is 0 Å². The number of benzene rings is 2. The number of nitrogens with two attached hydrogens (primary N) is 2. The van der Waals surface area contributed by atoms with Crippen LogP contribution in [0.4, 0.5) is 0 Å². The molecule has 0 amide bonds. The third kappa shape index (κ3) is 2.25. The van der Waals surface area contributed by atoms with Crippen molar-refractivity contribution in [2.24, 2.45) is 11.5 Å². The van der Waals surface area contributed by atoms with Crippen LogP contribution in [-0.2, 0) is 5.41 Å². The first kappa shape index (κ1) is 13.6. The summed E-state index contributed by atoms with van der Waals surface area (Å²) in [6, 6.07) is 19.3. The summed E-state index contributed by atoms with van der Waals surface area (Å²) in [7, 11) is 0. The average Bonchev–Trinajstić information content (AvgIpc) is 2.41. The van der Waals surface area contributed by atoms with E-state index in [0.717, 1.165) is 11.1 Å². The highest BCUT2D eigenvalue weighted by Crippen LogP contribution is 2.33. The second-order valence-corrected chi connectivity index (χ2v) is 5.09. The van der Waals surface area contributed by atoms with E-state index >= 15 is 0 Å². The zero-order chi connectivity index (χ0) is 13.9. The maximum atomic E-state index is 6.00. The Labute approximate surface area is 123 Å². The van der Waals surface area contributed by atoms with Gasteiger partial charge in [0.25, 0.3) is 0 Å². The van der Waals surface area contributed by atoms with Gasteiger partial charge >= 0.3 is 0 Å². The van der Waals surface area contributed by atoms with E-state index in [1.165, 1.54) is 0 Å². The van der Waals surface area contributed by atoms with Gasteiger partial charge in [0, 0.05) is 0 Å². The van der Waals surface area contributed by atoms with Gasteiger partial charge in [-0.05, 0) is 11.1 Å². The normalized spacial score (nSPS) is 10.9. The molecular weight excluding hydrogens is 272 g/mol. The molecule has 0 fully saturated rings. The first-order valence-corrected chi connectivity index (χ1v) is 6.62. The minimum Gasteiger partial charge on any atom is -0.392 e. The fourth-order valence-corrected chi connectivity index (χ4v) is 2.99. The van der Waals surface area contributed by atoms with Crippen molar-refractivity contribution in [2.75, 3.05) is 0 Å². The minimum absolute atomic E-state index is 0.261. The molecule has 2 nitrogen and oxygen atoms in total. The Balaban J connectivity index is 2.77. The largest absolute Gasteiger partial charge is 0.392 e. The fraction of sp³-hybridized carbons (Fsp3) is 0.0667. The van der Waals surface area contributed by atoms with Crippen LogP contribution in [0.3, 0.4) is 0 Å². The fourth-order valence-electron chi connectivity index (χ4n) is 2.23. The molecule has 0 spiro atoms. The van der Waals surface area contributed by atoms with Gasteiger partial charge in [-0.15, -0.1) is 0 Å². The number of thiocarbonyl (C=S) groups is 2. The van der Waals surface area contributed by atoms with Crippen LogP contribution in [0.5, 0.6) is 0 Å². The van der Waals surface area contributed by atoms with Gasteiger partial charge in [0.2, 0.25) is 0 Å². The van der Waals surface area contributed by atoms with Crippen molar-refractivity contribution in [3.63, 3.8) is 0 Å². The quantitative estimate of drug-likeness (QED) is 0.848. The molecule has 0 bridgehead atoms. The highest BCUT2D eigenvalue weighted by molar-refractivity contribution is 7.82. The van der Waals surface area contributed by atoms with Gasteiger partial charge in [-0.1, -0.05) is 85.1 Å². The lowest BCUT2D eigenvalue weighted by Crippen LogP contribution is -2.50. The van der Waals surface area contributed by atoms with Crippen LogP contribution in [0.15, 0.2) is 60.7 Å². The Bertz CT molecular complexity index is 539. The van der Waals surface area contributed by atoms with Crippen LogP contribution >= 0.6 is 24.4 Å². The van der Waals surface area contributed by atoms with Crippen molar-refractivity contribution in [1.29, 1.82) is 0 Å². The second kappa shape index (κ2) is 5.47. The zero-order valence-electron chi connectivity index (χ0n) is 10.2. The molecule has 0 aliphatic carbocycles. The lowest BCUT2D eigenvalue weighted by atomic mass is 9.74. The molecule has 2 rings (SSSR count). The van der Waals surface area contributed by atoms with Crippen LogP contribution in [-0.4, -0.2) is 9.98 Å². The summed E-state index contributed by atoms with van der Waals surface area (Å²) in [5, 5.41) is 0. The smallest absolute Gasteiger partial charge is 0.120 e. The SMILES string of the molecule is NC(=S)C(C(N)=S)(c1ccccc1)c1ccccc1. The Morgan fingerprint density at radius 1 is 0.684 bits per heavy atom. The maximum absolute atomic E-state index is 6.00. The van der Waals surface area contributed by atoms with Gasteiger partial charge in [0.1, 0.15) is 5.41 Å². The molecular formula is C15H14N2S2. The molecule has 0 saturated carbocycles. The van der Waals surface area contributed by atoms with Crippen LogP contribution in [0.25, 0.3) is 0 Å². The number of hydrogen-bond donors (Lipinski definition) is 2. The van der Waals surface area contributed by atoms with Gasteiger partial charge in [0.05, 0.1) is 9.98 Å². The average molecular weight is 286 g/mol. The van der Waals surface area contributed by atoms with E-state index in [-0.39, 0.29) is 9.98 Å². The van der Waals surface area contributed by atoms with Crippen LogP contribution in [0.1, 0.15) is 11.1 Å². The van der Waals surface area contributed by atoms with Crippen molar-refractivity contribution in [3.05, 3.63) is 71.8 Å². The van der Waals surface area contributed by atoms with Gasteiger partial charge in [0.15, 0.2) is 0 Å². The topological polar surface area (TPSA) is 52.0 Å². The molecule has 19 heavy (non-hydrogen) atoms. The van der Waals surface area contributed by atoms with Gasteiger partial charge < -0.3 is 11.5 Å². The lowest BCUT2D eigenvalue weighted by Gasteiger charge is -2.32. The molecule has 0 radical (unpaired) electrons. The molecule has 0 heterocycles. The van der Waals surface area contributed by atoms with Crippen LogP contribution < -0.4 is 11.5 Å². The molecule has 2 aromatic carbocycles. The highest BCUT2D eigenvalue weighted by Gasteiger charge is 2.40. The summed E-state index contributed by atoms with van der Waals surface area (Å²) in [4.78, 5) is 0.523. The predicted molar refractivity (Wildman–Crippen MR) is 87.2 cm³/mol. The van der Waals surface area contributed by atoms with E-state index in [1.807, 2.05) is 60.7 Å². The van der Waals surface area contributed by atoms with Crippen molar-refractivity contribution in [3.8, 4) is 0 Å². The predicted octanol–water partition coefficient (Wildman–Crippen LogP) is 2.54. The summed E-state index contributed by atoms with van der Waals surface area (Å²) < 4.78 is 0. The van der Waals surface area contributed by atoms with Crippen LogP contribution in [0.2, 0.25) is 0 Å². The van der Waals surface area contributed by atoms with Crippen molar-refractivity contribution >= 4 is 34.4 Å². The standard InChI is InChI=1S/C15H14N2S2/c16-13(18)15(14(17)19,11-7-3-1-4-8-11)12-9-5-2-6-10-12/h1-10H,(H2,16,18)(H2,17,19). The minimum atomic E-state index is -0.896. The molecule has 0 aromatic heterocycles. The molecule has 2 aromatic rings. The van der Waals surface area contributed by atoms with E-state index in [2.05, 4.69) is 0 Å². The van der Waals surface area contributed by atoms with Gasteiger partial charge in [-0.2, -0.15) is 0 Å². The van der Waals surface area contributed by atoms with E-state index in [4.69, 9.17) is 35.9 Å². The molecule has 0 atom stereocenters. The Kier molecular flexibility index (Phi) is 3.93. The third-order valence-corrected chi connectivity index (χ3v) is 3.77. The van der Waals surface area contributed by atoms with Crippen molar-refractivity contribution in [2.45, 2.75) is 5.41 Å². The Morgan fingerprint density at radius 2 is 1.00 bits per heavy atom. The molecule has 4 heteroatoms. The van der Waals surface area contributed by atoms with E-state index in [1.54, 1.807) is 0 Å². The monoisotopic (exact) mass is 286 g/mol. The summed E-state index contributed by atoms with van der Waals surface area (Å²) in [6.45, 7) is 0. The van der Waals surface area contributed by atoms with Crippen molar-refractivity contribution in [1.82, 2.24) is 0 Å². The van der Waals surface area contributed by atoms with Gasteiger partial charge in [-0.3, -0.25) is 0 Å². The maximum Gasteiger partial charge on any atom is 0.120 e. The van der Waals surface area contributed by atoms with E-state index in [9.17, 15) is 0 Å². The second-order valence-electron chi connectivity index (χ2n) is 4.21. The summed E-state index contributed by atoms with van der Waals surface area (Å²) >= 11 is 10.6. The lowest BCUT2D eigenvalue weighted by molar-refractivity contribution is 0.929. The number of rotatable bonds is 4. The Morgan fingerprint density at radius 3 is 1.26 bits per heavy atom. The van der Waals surface area contributed by atoms with Gasteiger partial charge in [-0.25, -0.2) is 0 Å². The summed E-state index contributed by atoms with van der Waals surface area (Å²) in [5.74, 6) is 0. The van der Waals surface area contributed by atoms with E-state index < -0.39 is 5.41 Å². The molecule has 0 unspecified atom stereocenters. The summed E-state index contributed by atoms with van der Waals surface area (Å²) in [6.07, 6.45) is 0. The molecule has 96 valence electrons.